The number of ketones is 1. The van der Waals surface area contributed by atoms with Crippen LogP contribution in [0.25, 0.3) is 0 Å². The van der Waals surface area contributed by atoms with Gasteiger partial charge in [0.05, 0.1) is 19.8 Å². The molecule has 0 fully saturated rings. The number of methoxy groups -OCH3 is 2. The molecule has 0 aromatic rings. The minimum Gasteiger partial charge on any atom is -0.500 e. The first-order chi connectivity index (χ1) is 7.19. The molecule has 0 N–H and O–H groups in total. The summed E-state index contributed by atoms with van der Waals surface area (Å²) < 4.78 is 9.54. The van der Waals surface area contributed by atoms with Gasteiger partial charge in [0.25, 0.3) is 0 Å². The molecule has 0 saturated heterocycles. The molecule has 1 aliphatic carbocycles. The molecule has 15 heavy (non-hydrogen) atoms. The third-order valence-corrected chi connectivity index (χ3v) is 2.24. The zero-order valence-electron chi connectivity index (χ0n) is 8.91. The fourth-order valence-corrected chi connectivity index (χ4v) is 1.45. The van der Waals surface area contributed by atoms with Crippen LogP contribution >= 0.6 is 0 Å². The SMILES string of the molecule is COC(=O)/C=C/C1=C(OC)CCCC1=O. The molecule has 1 rings (SSSR count). The summed E-state index contributed by atoms with van der Waals surface area (Å²) in [6, 6.07) is 0. The van der Waals surface area contributed by atoms with Gasteiger partial charge in [0.15, 0.2) is 5.78 Å². The van der Waals surface area contributed by atoms with Gasteiger partial charge in [-0.25, -0.2) is 4.79 Å². The van der Waals surface area contributed by atoms with Crippen molar-refractivity contribution in [1.82, 2.24) is 0 Å². The van der Waals surface area contributed by atoms with Gasteiger partial charge in [-0.05, 0) is 12.5 Å². The van der Waals surface area contributed by atoms with E-state index in [4.69, 9.17) is 4.74 Å². The van der Waals surface area contributed by atoms with E-state index in [1.54, 1.807) is 0 Å². The highest BCUT2D eigenvalue weighted by Gasteiger charge is 2.19. The number of carbonyl (C=O) groups is 2. The van der Waals surface area contributed by atoms with Crippen LogP contribution in [-0.4, -0.2) is 26.0 Å². The smallest absolute Gasteiger partial charge is 0.330 e. The van der Waals surface area contributed by atoms with E-state index in [0.717, 1.165) is 12.8 Å². The Morgan fingerprint density at radius 2 is 2.07 bits per heavy atom. The Balaban J connectivity index is 2.87. The van der Waals surface area contributed by atoms with Gasteiger partial charge in [-0.15, -0.1) is 0 Å². The lowest BCUT2D eigenvalue weighted by molar-refractivity contribution is -0.134. The van der Waals surface area contributed by atoms with Crippen LogP contribution in [0.1, 0.15) is 19.3 Å². The molecule has 82 valence electrons. The van der Waals surface area contributed by atoms with Crippen LogP contribution < -0.4 is 0 Å². The summed E-state index contributed by atoms with van der Waals surface area (Å²) in [6.07, 6.45) is 4.75. The van der Waals surface area contributed by atoms with E-state index in [1.165, 1.54) is 26.4 Å². The number of hydrogen-bond acceptors (Lipinski definition) is 4. The minimum atomic E-state index is -0.476. The van der Waals surface area contributed by atoms with Gasteiger partial charge in [-0.3, -0.25) is 4.79 Å². The minimum absolute atomic E-state index is 0.0123. The second-order valence-corrected chi connectivity index (χ2v) is 3.17. The van der Waals surface area contributed by atoms with Gasteiger partial charge in [0.2, 0.25) is 0 Å². The Morgan fingerprint density at radius 1 is 1.33 bits per heavy atom. The maximum Gasteiger partial charge on any atom is 0.330 e. The number of carbonyl (C=O) groups excluding carboxylic acids is 2. The number of hydrogen-bond donors (Lipinski definition) is 0. The molecule has 0 radical (unpaired) electrons. The van der Waals surface area contributed by atoms with E-state index in [-0.39, 0.29) is 5.78 Å². The van der Waals surface area contributed by atoms with Crippen molar-refractivity contribution in [2.45, 2.75) is 19.3 Å². The monoisotopic (exact) mass is 210 g/mol. The number of allylic oxidation sites excluding steroid dienone is 3. The molecule has 0 aliphatic heterocycles. The van der Waals surface area contributed by atoms with Crippen molar-refractivity contribution in [1.29, 1.82) is 0 Å². The molecule has 0 saturated carbocycles. The predicted octanol–water partition coefficient (Wildman–Crippen LogP) is 1.37. The first-order valence-corrected chi connectivity index (χ1v) is 4.75. The van der Waals surface area contributed by atoms with Crippen molar-refractivity contribution < 1.29 is 19.1 Å². The van der Waals surface area contributed by atoms with Gasteiger partial charge in [-0.1, -0.05) is 0 Å². The van der Waals surface area contributed by atoms with Crippen LogP contribution in [0.2, 0.25) is 0 Å². The van der Waals surface area contributed by atoms with Gasteiger partial charge in [0, 0.05) is 18.9 Å². The second-order valence-electron chi connectivity index (χ2n) is 3.17. The Labute approximate surface area is 88.6 Å². The van der Waals surface area contributed by atoms with E-state index in [0.29, 0.717) is 17.8 Å². The fourth-order valence-electron chi connectivity index (χ4n) is 1.45. The van der Waals surface area contributed by atoms with E-state index >= 15 is 0 Å². The zero-order chi connectivity index (χ0) is 11.3. The molecular formula is C11H14O4. The molecule has 0 atom stereocenters. The van der Waals surface area contributed by atoms with Crippen LogP contribution in [0.5, 0.6) is 0 Å². The largest absolute Gasteiger partial charge is 0.500 e. The topological polar surface area (TPSA) is 52.6 Å². The molecule has 0 bridgehead atoms. The number of Topliss-reactive ketones (excluding diaryl/α,β-unsaturated/α-hetero) is 1. The van der Waals surface area contributed by atoms with Gasteiger partial charge >= 0.3 is 5.97 Å². The molecular weight excluding hydrogens is 196 g/mol. The van der Waals surface area contributed by atoms with Crippen LogP contribution in [0.4, 0.5) is 0 Å². The summed E-state index contributed by atoms with van der Waals surface area (Å²) in [5, 5.41) is 0. The van der Waals surface area contributed by atoms with Gasteiger partial charge in [-0.2, -0.15) is 0 Å². The molecule has 1 aliphatic rings. The molecule has 4 heteroatoms. The second kappa shape index (κ2) is 5.34. The fraction of sp³-hybridized carbons (Fsp3) is 0.455. The van der Waals surface area contributed by atoms with Crippen LogP contribution in [-0.2, 0) is 19.1 Å². The highest BCUT2D eigenvalue weighted by molar-refractivity contribution is 6.00. The Hall–Kier alpha value is -1.58. The van der Waals surface area contributed by atoms with E-state index in [1.807, 2.05) is 0 Å². The van der Waals surface area contributed by atoms with E-state index < -0.39 is 5.97 Å². The first-order valence-electron chi connectivity index (χ1n) is 4.75. The highest BCUT2D eigenvalue weighted by Crippen LogP contribution is 2.23. The lowest BCUT2D eigenvalue weighted by atomic mass is 9.96. The van der Waals surface area contributed by atoms with Crippen molar-refractivity contribution in [2.24, 2.45) is 0 Å². The molecule has 0 unspecified atom stereocenters. The molecule has 0 spiro atoms. The summed E-state index contributed by atoms with van der Waals surface area (Å²) in [4.78, 5) is 22.4. The van der Waals surface area contributed by atoms with E-state index in [9.17, 15) is 9.59 Å². The van der Waals surface area contributed by atoms with Crippen molar-refractivity contribution in [3.8, 4) is 0 Å². The summed E-state index contributed by atoms with van der Waals surface area (Å²) in [7, 11) is 2.82. The molecule has 4 nitrogen and oxygen atoms in total. The first kappa shape index (κ1) is 11.5. The molecule has 0 aromatic heterocycles. The summed E-state index contributed by atoms with van der Waals surface area (Å²) in [5.41, 5.74) is 0.481. The summed E-state index contributed by atoms with van der Waals surface area (Å²) >= 11 is 0. The normalized spacial score (nSPS) is 17.1. The van der Waals surface area contributed by atoms with Crippen LogP contribution in [0.3, 0.4) is 0 Å². The van der Waals surface area contributed by atoms with Crippen molar-refractivity contribution in [3.05, 3.63) is 23.5 Å². The Morgan fingerprint density at radius 3 is 2.67 bits per heavy atom. The standard InChI is InChI=1S/C11H14O4/c1-14-10-5-3-4-9(12)8(10)6-7-11(13)15-2/h6-7H,3-5H2,1-2H3/b7-6+. The predicted molar refractivity (Wildman–Crippen MR) is 54.0 cm³/mol. The maximum absolute atomic E-state index is 11.5. The van der Waals surface area contributed by atoms with Gasteiger partial charge < -0.3 is 9.47 Å². The van der Waals surface area contributed by atoms with Gasteiger partial charge in [0.1, 0.15) is 5.76 Å². The average Bonchev–Trinajstić information content (AvgIpc) is 2.26. The third kappa shape index (κ3) is 2.94. The molecule has 0 heterocycles. The third-order valence-electron chi connectivity index (χ3n) is 2.24. The van der Waals surface area contributed by atoms with Crippen LogP contribution in [0, 0.1) is 0 Å². The maximum atomic E-state index is 11.5. The van der Waals surface area contributed by atoms with Crippen molar-refractivity contribution >= 4 is 11.8 Å². The van der Waals surface area contributed by atoms with Crippen molar-refractivity contribution in [2.75, 3.05) is 14.2 Å². The Kier molecular flexibility index (Phi) is 4.09. The Bertz CT molecular complexity index is 325. The average molecular weight is 210 g/mol. The molecule has 0 amide bonds. The zero-order valence-corrected chi connectivity index (χ0v) is 8.91. The number of ether oxygens (including phenoxy) is 2. The lowest BCUT2D eigenvalue weighted by Gasteiger charge is -2.15. The molecule has 0 aromatic carbocycles. The van der Waals surface area contributed by atoms with Crippen LogP contribution in [0.15, 0.2) is 23.5 Å². The lowest BCUT2D eigenvalue weighted by Crippen LogP contribution is -2.11. The number of esters is 1. The van der Waals surface area contributed by atoms with Crippen molar-refractivity contribution in [3.63, 3.8) is 0 Å². The number of rotatable bonds is 3. The van der Waals surface area contributed by atoms with E-state index in [2.05, 4.69) is 4.74 Å². The quantitative estimate of drug-likeness (QED) is 0.521. The highest BCUT2D eigenvalue weighted by atomic mass is 16.5. The summed E-state index contributed by atoms with van der Waals surface area (Å²) in [6.45, 7) is 0. The summed E-state index contributed by atoms with van der Waals surface area (Å²) in [5.74, 6) is 0.181.